The highest BCUT2D eigenvalue weighted by Crippen LogP contribution is 2.24. The van der Waals surface area contributed by atoms with Gasteiger partial charge in [-0.3, -0.25) is 4.79 Å². The molecule has 0 amide bonds. The van der Waals surface area contributed by atoms with Crippen molar-refractivity contribution in [1.82, 2.24) is 4.31 Å². The number of aliphatic hydroxyl groups excluding tert-OH is 1. The molecule has 1 aromatic carbocycles. The predicted molar refractivity (Wildman–Crippen MR) is 75.0 cm³/mol. The zero-order chi connectivity index (χ0) is 14.9. The molecule has 20 heavy (non-hydrogen) atoms. The van der Waals surface area contributed by atoms with Crippen molar-refractivity contribution in [2.75, 3.05) is 13.1 Å². The van der Waals surface area contributed by atoms with Crippen molar-refractivity contribution in [3.05, 3.63) is 29.8 Å². The van der Waals surface area contributed by atoms with Crippen LogP contribution in [0, 0.1) is 5.92 Å². The number of benzene rings is 1. The van der Waals surface area contributed by atoms with E-state index in [1.807, 2.05) is 6.92 Å². The number of β-amino-alcohol motifs (C(OH)–C–C–N with tert-alkyl or cyclic N) is 1. The Kier molecular flexibility index (Phi) is 4.27. The highest BCUT2D eigenvalue weighted by atomic mass is 32.2. The maximum atomic E-state index is 12.5. The van der Waals surface area contributed by atoms with Crippen LogP contribution in [0.25, 0.3) is 0 Å². The van der Waals surface area contributed by atoms with Crippen molar-refractivity contribution in [3.63, 3.8) is 0 Å². The Morgan fingerprint density at radius 2 is 2.10 bits per heavy atom. The molecule has 6 heteroatoms. The number of nitrogens with zero attached hydrogens (tertiary/aromatic N) is 1. The molecule has 0 saturated carbocycles. The van der Waals surface area contributed by atoms with Gasteiger partial charge >= 0.3 is 0 Å². The Morgan fingerprint density at radius 3 is 2.70 bits per heavy atom. The minimum absolute atomic E-state index is 0.102. The van der Waals surface area contributed by atoms with Crippen LogP contribution < -0.4 is 0 Å². The third kappa shape index (κ3) is 2.92. The molecule has 1 fully saturated rings. The molecule has 2 atom stereocenters. The molecular formula is C14H19NO4S. The second-order valence-corrected chi connectivity index (χ2v) is 7.22. The largest absolute Gasteiger partial charge is 0.391 e. The molecule has 2 unspecified atom stereocenters. The van der Waals surface area contributed by atoms with Crippen LogP contribution in [0.3, 0.4) is 0 Å². The number of aliphatic hydroxyl groups is 1. The van der Waals surface area contributed by atoms with E-state index in [2.05, 4.69) is 0 Å². The van der Waals surface area contributed by atoms with E-state index in [9.17, 15) is 18.3 Å². The van der Waals surface area contributed by atoms with Gasteiger partial charge < -0.3 is 5.11 Å². The number of carbonyl (C=O) groups is 1. The maximum absolute atomic E-state index is 12.5. The van der Waals surface area contributed by atoms with E-state index in [0.29, 0.717) is 18.5 Å². The van der Waals surface area contributed by atoms with E-state index >= 15 is 0 Å². The third-order valence-electron chi connectivity index (χ3n) is 3.76. The quantitative estimate of drug-likeness (QED) is 0.853. The zero-order valence-corrected chi connectivity index (χ0v) is 12.4. The van der Waals surface area contributed by atoms with Gasteiger partial charge in [0.05, 0.1) is 11.0 Å². The Balaban J connectivity index is 2.31. The monoisotopic (exact) mass is 297 g/mol. The topological polar surface area (TPSA) is 74.7 Å². The summed E-state index contributed by atoms with van der Waals surface area (Å²) in [6.07, 6.45) is -0.0122. The summed E-state index contributed by atoms with van der Waals surface area (Å²) >= 11 is 0. The molecule has 0 aliphatic carbocycles. The molecule has 1 aliphatic heterocycles. The molecule has 0 bridgehead atoms. The highest BCUT2D eigenvalue weighted by molar-refractivity contribution is 7.89. The van der Waals surface area contributed by atoms with Crippen LogP contribution in [0.15, 0.2) is 29.2 Å². The number of hydrogen-bond donors (Lipinski definition) is 1. The van der Waals surface area contributed by atoms with E-state index in [1.54, 1.807) is 12.1 Å². The fourth-order valence-corrected chi connectivity index (χ4v) is 3.78. The van der Waals surface area contributed by atoms with Crippen molar-refractivity contribution in [1.29, 1.82) is 0 Å². The third-order valence-corrected chi connectivity index (χ3v) is 5.62. The van der Waals surface area contributed by atoms with Gasteiger partial charge in [-0.05, 0) is 31.4 Å². The summed E-state index contributed by atoms with van der Waals surface area (Å²) in [6, 6.07) is 6.02. The summed E-state index contributed by atoms with van der Waals surface area (Å²) in [5.41, 5.74) is 0.372. The van der Waals surface area contributed by atoms with Crippen molar-refractivity contribution in [2.24, 2.45) is 5.92 Å². The summed E-state index contributed by atoms with van der Waals surface area (Å²) < 4.78 is 26.3. The number of ketones is 1. The zero-order valence-electron chi connectivity index (χ0n) is 11.6. The van der Waals surface area contributed by atoms with Gasteiger partial charge in [0.15, 0.2) is 5.78 Å². The van der Waals surface area contributed by atoms with Crippen LogP contribution in [0.2, 0.25) is 0 Å². The van der Waals surface area contributed by atoms with Gasteiger partial charge in [0.1, 0.15) is 0 Å². The fourth-order valence-electron chi connectivity index (χ4n) is 2.26. The Morgan fingerprint density at radius 1 is 1.40 bits per heavy atom. The van der Waals surface area contributed by atoms with Gasteiger partial charge in [-0.1, -0.05) is 19.1 Å². The molecule has 0 radical (unpaired) electrons. The lowest BCUT2D eigenvalue weighted by Gasteiger charge is -2.33. The van der Waals surface area contributed by atoms with Gasteiger partial charge in [-0.25, -0.2) is 8.42 Å². The Bertz CT molecular complexity index is 611. The summed E-state index contributed by atoms with van der Waals surface area (Å²) in [6.45, 7) is 3.81. The predicted octanol–water partition coefficient (Wildman–Crippen LogP) is 1.28. The average molecular weight is 297 g/mol. The average Bonchev–Trinajstić information content (AvgIpc) is 2.42. The summed E-state index contributed by atoms with van der Waals surface area (Å²) in [7, 11) is -3.65. The molecule has 1 saturated heterocycles. The van der Waals surface area contributed by atoms with Gasteiger partial charge in [-0.2, -0.15) is 4.31 Å². The van der Waals surface area contributed by atoms with Crippen LogP contribution in [-0.4, -0.2) is 42.8 Å². The van der Waals surface area contributed by atoms with E-state index in [4.69, 9.17) is 0 Å². The first-order valence-electron chi connectivity index (χ1n) is 6.61. The number of carbonyl (C=O) groups excluding carboxylic acids is 1. The smallest absolute Gasteiger partial charge is 0.243 e. The first-order chi connectivity index (χ1) is 9.32. The highest BCUT2D eigenvalue weighted by Gasteiger charge is 2.32. The number of Topliss-reactive ketones (excluding diaryl/α,β-unsaturated/α-hetero) is 1. The van der Waals surface area contributed by atoms with Gasteiger partial charge in [0.2, 0.25) is 10.0 Å². The van der Waals surface area contributed by atoms with Gasteiger partial charge in [-0.15, -0.1) is 0 Å². The molecule has 1 aliphatic rings. The van der Waals surface area contributed by atoms with Crippen molar-refractivity contribution in [3.8, 4) is 0 Å². The van der Waals surface area contributed by atoms with Crippen LogP contribution in [0.4, 0.5) is 0 Å². The fraction of sp³-hybridized carbons (Fsp3) is 0.500. The van der Waals surface area contributed by atoms with E-state index < -0.39 is 16.1 Å². The van der Waals surface area contributed by atoms with Crippen molar-refractivity contribution < 1.29 is 18.3 Å². The summed E-state index contributed by atoms with van der Waals surface area (Å²) in [4.78, 5) is 11.5. The molecule has 2 rings (SSSR count). The van der Waals surface area contributed by atoms with E-state index in [-0.39, 0.29) is 23.1 Å². The number of rotatable bonds is 3. The molecule has 1 aromatic rings. The Hall–Kier alpha value is -1.24. The molecule has 1 heterocycles. The lowest BCUT2D eigenvalue weighted by molar-refractivity contribution is 0.0605. The second kappa shape index (κ2) is 5.63. The van der Waals surface area contributed by atoms with Crippen molar-refractivity contribution in [2.45, 2.75) is 31.3 Å². The molecule has 1 N–H and O–H groups in total. The molecule has 0 aromatic heterocycles. The number of hydrogen-bond acceptors (Lipinski definition) is 4. The van der Waals surface area contributed by atoms with Gasteiger partial charge in [0, 0.05) is 18.7 Å². The first-order valence-corrected chi connectivity index (χ1v) is 8.05. The first kappa shape index (κ1) is 15.2. The second-order valence-electron chi connectivity index (χ2n) is 5.28. The van der Waals surface area contributed by atoms with Crippen LogP contribution in [-0.2, 0) is 10.0 Å². The maximum Gasteiger partial charge on any atom is 0.243 e. The normalized spacial score (nSPS) is 24.6. The lowest BCUT2D eigenvalue weighted by atomic mass is 9.98. The van der Waals surface area contributed by atoms with E-state index in [1.165, 1.54) is 23.4 Å². The van der Waals surface area contributed by atoms with Crippen LogP contribution in [0.5, 0.6) is 0 Å². The van der Waals surface area contributed by atoms with Gasteiger partial charge in [0.25, 0.3) is 0 Å². The summed E-state index contributed by atoms with van der Waals surface area (Å²) in [5.74, 6) is -0.0700. The minimum Gasteiger partial charge on any atom is -0.391 e. The number of sulfonamides is 1. The minimum atomic E-state index is -3.65. The molecule has 5 nitrogen and oxygen atoms in total. The standard InChI is InChI=1S/C14H19NO4S/c1-10-6-7-15(9-14(10)17)20(18,19)13-5-3-4-12(8-13)11(2)16/h3-5,8,10,14,17H,6-7,9H2,1-2H3. The van der Waals surface area contributed by atoms with Crippen molar-refractivity contribution >= 4 is 15.8 Å². The lowest BCUT2D eigenvalue weighted by Crippen LogP contribution is -2.45. The molecule has 110 valence electrons. The Labute approximate surface area is 119 Å². The number of piperidine rings is 1. The summed E-state index contributed by atoms with van der Waals surface area (Å²) in [5, 5.41) is 9.84. The molecule has 0 spiro atoms. The van der Waals surface area contributed by atoms with E-state index in [0.717, 1.165) is 0 Å². The van der Waals surface area contributed by atoms with Crippen LogP contribution >= 0.6 is 0 Å². The molecular weight excluding hydrogens is 278 g/mol. The van der Waals surface area contributed by atoms with Crippen LogP contribution in [0.1, 0.15) is 30.6 Å². The SMILES string of the molecule is CC(=O)c1cccc(S(=O)(=O)N2CCC(C)C(O)C2)c1.